The monoisotopic (exact) mass is 538 g/mol. The average molecular weight is 539 g/mol. The first kappa shape index (κ1) is 27.6. The topological polar surface area (TPSA) is 145 Å². The van der Waals surface area contributed by atoms with Gasteiger partial charge in [0.25, 0.3) is 0 Å². The molecule has 0 bridgehead atoms. The summed E-state index contributed by atoms with van der Waals surface area (Å²) in [6, 6.07) is 17.8. The minimum atomic E-state index is -4.82. The van der Waals surface area contributed by atoms with Crippen LogP contribution in [0.15, 0.2) is 79.0 Å². The molecule has 0 radical (unpaired) electrons. The van der Waals surface area contributed by atoms with E-state index in [1.807, 2.05) is 0 Å². The summed E-state index contributed by atoms with van der Waals surface area (Å²) in [4.78, 5) is 19.0. The number of carboxylic acids is 1. The van der Waals surface area contributed by atoms with Crippen LogP contribution in [-0.2, 0) is 17.8 Å². The van der Waals surface area contributed by atoms with E-state index in [1.54, 1.807) is 60.7 Å². The summed E-state index contributed by atoms with van der Waals surface area (Å²) >= 11 is 0. The molecule has 4 rings (SSSR count). The minimum absolute atomic E-state index is 0.0330. The Labute approximate surface area is 221 Å². The Bertz CT molecular complexity index is 1460. The molecular formula is C28H25F3N4O4. The van der Waals surface area contributed by atoms with Crippen LogP contribution in [0.5, 0.6) is 5.75 Å². The van der Waals surface area contributed by atoms with Crippen LogP contribution in [-0.4, -0.2) is 38.4 Å². The van der Waals surface area contributed by atoms with Crippen LogP contribution >= 0.6 is 0 Å². The van der Waals surface area contributed by atoms with Crippen molar-refractivity contribution in [3.63, 3.8) is 0 Å². The third-order valence-corrected chi connectivity index (χ3v) is 5.98. The van der Waals surface area contributed by atoms with Crippen molar-refractivity contribution < 1.29 is 32.9 Å². The van der Waals surface area contributed by atoms with Gasteiger partial charge >= 0.3 is 12.1 Å². The van der Waals surface area contributed by atoms with Crippen LogP contribution in [0, 0.1) is 0 Å². The van der Waals surface area contributed by atoms with Gasteiger partial charge in [0.1, 0.15) is 11.7 Å². The number of aliphatic carboxylic acids is 1. The first-order valence-corrected chi connectivity index (χ1v) is 11.8. The van der Waals surface area contributed by atoms with Crippen LogP contribution in [0.2, 0.25) is 0 Å². The van der Waals surface area contributed by atoms with Gasteiger partial charge in [-0.3, -0.25) is 4.79 Å². The van der Waals surface area contributed by atoms with E-state index in [0.29, 0.717) is 22.3 Å². The van der Waals surface area contributed by atoms with Gasteiger partial charge in [0.2, 0.25) is 12.1 Å². The summed E-state index contributed by atoms with van der Waals surface area (Å²) in [5.74, 6) is -1.57. The first-order valence-electron chi connectivity index (χ1n) is 11.8. The number of nitrogens with two attached hydrogens (primary N) is 2. The third-order valence-electron chi connectivity index (χ3n) is 5.98. The van der Waals surface area contributed by atoms with E-state index in [2.05, 4.69) is 9.97 Å². The lowest BCUT2D eigenvalue weighted by Crippen LogP contribution is -2.32. The molecule has 1 aromatic heterocycles. The number of rotatable bonds is 9. The smallest absolute Gasteiger partial charge is 0.429 e. The SMILES string of the molecule is Nc1ncc(O[C@@H](c2ccccc2-c2cccc(CO)c2)C(F)(F)F)c(-c2ccc(C[C@H](N)C(=O)O)cc2)n1. The largest absolute Gasteiger partial charge is 0.480 e. The van der Waals surface area contributed by atoms with Gasteiger partial charge in [0.15, 0.2) is 5.75 Å². The van der Waals surface area contributed by atoms with Crippen LogP contribution in [0.4, 0.5) is 19.1 Å². The Morgan fingerprint density at radius 2 is 1.69 bits per heavy atom. The number of ether oxygens (including phenoxy) is 1. The second kappa shape index (κ2) is 11.5. The fraction of sp³-hybridized carbons (Fsp3) is 0.179. The van der Waals surface area contributed by atoms with Gasteiger partial charge < -0.3 is 26.4 Å². The van der Waals surface area contributed by atoms with Crippen molar-refractivity contribution in [3.05, 3.63) is 95.7 Å². The number of carboxylic acid groups (broad SMARTS) is 1. The van der Waals surface area contributed by atoms with Gasteiger partial charge in [-0.1, -0.05) is 66.7 Å². The van der Waals surface area contributed by atoms with E-state index in [1.165, 1.54) is 12.1 Å². The van der Waals surface area contributed by atoms with E-state index >= 15 is 0 Å². The number of hydrogen-bond acceptors (Lipinski definition) is 7. The summed E-state index contributed by atoms with van der Waals surface area (Å²) in [6.45, 7) is -0.262. The van der Waals surface area contributed by atoms with Crippen LogP contribution in [0.25, 0.3) is 22.4 Å². The molecule has 0 amide bonds. The summed E-state index contributed by atoms with van der Waals surface area (Å²) in [5.41, 5.74) is 13.6. The number of alkyl halides is 3. The Morgan fingerprint density at radius 3 is 2.36 bits per heavy atom. The van der Waals surface area contributed by atoms with Crippen molar-refractivity contribution >= 4 is 11.9 Å². The van der Waals surface area contributed by atoms with Crippen LogP contribution < -0.4 is 16.2 Å². The second-order valence-corrected chi connectivity index (χ2v) is 8.77. The van der Waals surface area contributed by atoms with Crippen molar-refractivity contribution in [1.29, 1.82) is 0 Å². The third kappa shape index (κ3) is 6.51. The highest BCUT2D eigenvalue weighted by Gasteiger charge is 2.44. The molecule has 3 aromatic carbocycles. The maximum atomic E-state index is 14.5. The molecule has 0 saturated carbocycles. The molecule has 0 spiro atoms. The van der Waals surface area contributed by atoms with Crippen molar-refractivity contribution in [3.8, 4) is 28.1 Å². The molecule has 6 N–H and O–H groups in total. The van der Waals surface area contributed by atoms with Crippen molar-refractivity contribution in [2.45, 2.75) is 31.3 Å². The highest BCUT2D eigenvalue weighted by molar-refractivity contribution is 5.74. The number of nitrogens with zero attached hydrogens (tertiary/aromatic N) is 2. The molecule has 0 aliphatic heterocycles. The average Bonchev–Trinajstić information content (AvgIpc) is 2.92. The van der Waals surface area contributed by atoms with Gasteiger partial charge in [0, 0.05) is 11.1 Å². The molecule has 0 unspecified atom stereocenters. The van der Waals surface area contributed by atoms with Crippen molar-refractivity contribution in [2.75, 3.05) is 5.73 Å². The summed E-state index contributed by atoms with van der Waals surface area (Å²) < 4.78 is 49.1. The van der Waals surface area contributed by atoms with Gasteiger partial charge in [-0.25, -0.2) is 9.97 Å². The Morgan fingerprint density at radius 1 is 0.974 bits per heavy atom. The van der Waals surface area contributed by atoms with Crippen LogP contribution in [0.3, 0.4) is 0 Å². The molecule has 11 heteroatoms. The molecule has 202 valence electrons. The fourth-order valence-electron chi connectivity index (χ4n) is 4.08. The summed E-state index contributed by atoms with van der Waals surface area (Å²) in [7, 11) is 0. The highest BCUT2D eigenvalue weighted by Crippen LogP contribution is 2.42. The number of benzene rings is 3. The fourth-order valence-corrected chi connectivity index (χ4v) is 4.08. The number of halogens is 3. The number of aliphatic hydroxyl groups excluding tert-OH is 1. The second-order valence-electron chi connectivity index (χ2n) is 8.77. The molecule has 0 aliphatic rings. The molecule has 8 nitrogen and oxygen atoms in total. The van der Waals surface area contributed by atoms with Gasteiger partial charge in [-0.2, -0.15) is 13.2 Å². The van der Waals surface area contributed by atoms with Crippen LogP contribution in [0.1, 0.15) is 22.8 Å². The summed E-state index contributed by atoms with van der Waals surface area (Å²) in [6.07, 6.45) is -6.06. The molecule has 0 saturated heterocycles. The first-order chi connectivity index (χ1) is 18.6. The molecule has 0 fully saturated rings. The minimum Gasteiger partial charge on any atom is -0.480 e. The summed E-state index contributed by atoms with van der Waals surface area (Å²) in [5, 5.41) is 18.5. The quantitative estimate of drug-likeness (QED) is 0.243. The number of nitrogen functional groups attached to an aromatic ring is 1. The Hall–Kier alpha value is -4.48. The van der Waals surface area contributed by atoms with E-state index in [-0.39, 0.29) is 41.5 Å². The molecule has 1 heterocycles. The van der Waals surface area contributed by atoms with Gasteiger partial charge in [-0.15, -0.1) is 0 Å². The van der Waals surface area contributed by atoms with Gasteiger partial charge in [-0.05, 0) is 34.7 Å². The number of carbonyl (C=O) groups is 1. The lowest BCUT2D eigenvalue weighted by molar-refractivity contribution is -0.197. The van der Waals surface area contributed by atoms with E-state index in [9.17, 15) is 23.1 Å². The molecule has 2 atom stereocenters. The number of hydrogen-bond donors (Lipinski definition) is 4. The van der Waals surface area contributed by atoms with Gasteiger partial charge in [0.05, 0.1) is 12.8 Å². The number of anilines is 1. The maximum absolute atomic E-state index is 14.5. The van der Waals surface area contributed by atoms with E-state index in [4.69, 9.17) is 21.3 Å². The number of aliphatic hydroxyl groups is 1. The van der Waals surface area contributed by atoms with Crippen molar-refractivity contribution in [2.24, 2.45) is 5.73 Å². The number of aromatic nitrogens is 2. The Balaban J connectivity index is 1.74. The zero-order valence-corrected chi connectivity index (χ0v) is 20.5. The molecule has 0 aliphatic carbocycles. The van der Waals surface area contributed by atoms with E-state index in [0.717, 1.165) is 6.20 Å². The molecule has 4 aromatic rings. The zero-order valence-electron chi connectivity index (χ0n) is 20.5. The predicted octanol–water partition coefficient (Wildman–Crippen LogP) is 4.52. The lowest BCUT2D eigenvalue weighted by Gasteiger charge is -2.25. The standard InChI is InChI=1S/C28H25F3N4O4/c29-28(30,31)25(21-7-2-1-6-20(21)19-5-3-4-17(12-19)15-36)39-23-14-34-27(33)35-24(23)18-10-8-16(9-11-18)13-22(32)26(37)38/h1-12,14,22,25,36H,13,15,32H2,(H,37,38)(H2,33,34,35)/t22-,25-/m0/s1. The highest BCUT2D eigenvalue weighted by atomic mass is 19.4. The zero-order chi connectivity index (χ0) is 28.2. The van der Waals surface area contributed by atoms with Crippen molar-refractivity contribution in [1.82, 2.24) is 9.97 Å². The predicted molar refractivity (Wildman–Crippen MR) is 138 cm³/mol. The van der Waals surface area contributed by atoms with E-state index < -0.39 is 24.3 Å². The lowest BCUT2D eigenvalue weighted by atomic mass is 9.94. The molecular weight excluding hydrogens is 513 g/mol. The maximum Gasteiger partial charge on any atom is 0.429 e. The Kier molecular flexibility index (Phi) is 8.12. The normalized spacial score (nSPS) is 13.1. The molecule has 39 heavy (non-hydrogen) atoms.